The SMILES string of the molecule is CNC(=O)CNc1cc(CN(CCOc2cccc(Cl)c2)C(=O)c2c[nH]nc2N)ccn1. The standard InChI is InChI=1S/C21H24ClN7O3/c1-24-19(30)12-26-18-9-14(5-6-25-18)13-29(21(31)17-11-27-28-20(17)23)7-8-32-16-4-2-3-15(22)10-16/h2-6,9-11H,7-8,12-13H2,1H3,(H,24,30)(H,25,26)(H3,23,27,28). The Kier molecular flexibility index (Phi) is 7.87. The minimum atomic E-state index is -0.289. The van der Waals surface area contributed by atoms with Crippen molar-refractivity contribution in [3.63, 3.8) is 0 Å². The van der Waals surface area contributed by atoms with Gasteiger partial charge in [0, 0.05) is 31.0 Å². The molecule has 0 unspecified atom stereocenters. The second-order valence-electron chi connectivity index (χ2n) is 6.79. The van der Waals surface area contributed by atoms with Gasteiger partial charge in [-0.05, 0) is 35.9 Å². The molecule has 0 aliphatic rings. The molecular weight excluding hydrogens is 434 g/mol. The first-order chi connectivity index (χ1) is 15.5. The number of H-pyrrole nitrogens is 1. The van der Waals surface area contributed by atoms with Crippen LogP contribution in [0.15, 0.2) is 48.8 Å². The Balaban J connectivity index is 1.71. The van der Waals surface area contributed by atoms with Gasteiger partial charge in [-0.1, -0.05) is 17.7 Å². The van der Waals surface area contributed by atoms with E-state index in [1.165, 1.54) is 6.20 Å². The normalized spacial score (nSPS) is 10.4. The molecule has 0 radical (unpaired) electrons. The van der Waals surface area contributed by atoms with Gasteiger partial charge in [-0.15, -0.1) is 0 Å². The molecule has 3 rings (SSSR count). The Morgan fingerprint density at radius 1 is 1.28 bits per heavy atom. The van der Waals surface area contributed by atoms with Crippen LogP contribution in [0.1, 0.15) is 15.9 Å². The van der Waals surface area contributed by atoms with Gasteiger partial charge in [0.2, 0.25) is 5.91 Å². The quantitative estimate of drug-likeness (QED) is 0.364. The lowest BCUT2D eigenvalue weighted by Gasteiger charge is -2.23. The maximum atomic E-state index is 13.1. The summed E-state index contributed by atoms with van der Waals surface area (Å²) in [7, 11) is 1.56. The number of nitrogens with two attached hydrogens (primary N) is 1. The smallest absolute Gasteiger partial charge is 0.259 e. The van der Waals surface area contributed by atoms with Crippen molar-refractivity contribution >= 4 is 35.1 Å². The number of anilines is 2. The number of aromatic amines is 1. The molecule has 0 aliphatic carbocycles. The summed E-state index contributed by atoms with van der Waals surface area (Å²) in [6.45, 7) is 0.907. The highest BCUT2D eigenvalue weighted by Crippen LogP contribution is 2.18. The van der Waals surface area contributed by atoms with Crippen LogP contribution in [0, 0.1) is 0 Å². The van der Waals surface area contributed by atoms with E-state index in [2.05, 4.69) is 25.8 Å². The van der Waals surface area contributed by atoms with Crippen LogP contribution in [0.25, 0.3) is 0 Å². The first kappa shape index (κ1) is 22.9. The van der Waals surface area contributed by atoms with E-state index in [4.69, 9.17) is 22.1 Å². The monoisotopic (exact) mass is 457 g/mol. The van der Waals surface area contributed by atoms with Crippen LogP contribution in [-0.2, 0) is 11.3 Å². The van der Waals surface area contributed by atoms with Crippen LogP contribution in [0.3, 0.4) is 0 Å². The number of hydrogen-bond donors (Lipinski definition) is 4. The van der Waals surface area contributed by atoms with E-state index >= 15 is 0 Å². The highest BCUT2D eigenvalue weighted by atomic mass is 35.5. The van der Waals surface area contributed by atoms with Crippen molar-refractivity contribution < 1.29 is 14.3 Å². The van der Waals surface area contributed by atoms with Gasteiger partial charge >= 0.3 is 0 Å². The Hall–Kier alpha value is -3.79. The number of nitrogens with zero attached hydrogens (tertiary/aromatic N) is 3. The Labute approximate surface area is 190 Å². The summed E-state index contributed by atoms with van der Waals surface area (Å²) in [6, 6.07) is 10.6. The molecule has 2 aromatic heterocycles. The lowest BCUT2D eigenvalue weighted by atomic mass is 10.2. The summed E-state index contributed by atoms with van der Waals surface area (Å²) in [5, 5.41) is 12.5. The third-order valence-corrected chi connectivity index (χ3v) is 4.76. The van der Waals surface area contributed by atoms with E-state index in [0.29, 0.717) is 23.1 Å². The molecule has 5 N–H and O–H groups in total. The number of aromatic nitrogens is 3. The van der Waals surface area contributed by atoms with Crippen molar-refractivity contribution in [1.29, 1.82) is 0 Å². The lowest BCUT2D eigenvalue weighted by Crippen LogP contribution is -2.34. The molecule has 32 heavy (non-hydrogen) atoms. The van der Waals surface area contributed by atoms with Crippen LogP contribution >= 0.6 is 11.6 Å². The number of carbonyl (C=O) groups is 2. The van der Waals surface area contributed by atoms with Crippen molar-refractivity contribution in [2.24, 2.45) is 0 Å². The summed E-state index contributed by atoms with van der Waals surface area (Å²) in [5.41, 5.74) is 6.92. The molecule has 0 atom stereocenters. The third kappa shape index (κ3) is 6.35. The molecule has 1 aromatic carbocycles. The first-order valence-electron chi connectivity index (χ1n) is 9.82. The van der Waals surface area contributed by atoms with E-state index in [0.717, 1.165) is 5.56 Å². The van der Waals surface area contributed by atoms with E-state index < -0.39 is 0 Å². The molecule has 10 nitrogen and oxygen atoms in total. The summed E-state index contributed by atoms with van der Waals surface area (Å²) >= 11 is 5.99. The van der Waals surface area contributed by atoms with E-state index in [-0.39, 0.29) is 42.9 Å². The number of likely N-dealkylation sites (N-methyl/N-ethyl adjacent to an activating group) is 1. The van der Waals surface area contributed by atoms with Gasteiger partial charge in [0.05, 0.1) is 13.1 Å². The Morgan fingerprint density at radius 3 is 2.84 bits per heavy atom. The van der Waals surface area contributed by atoms with Crippen molar-refractivity contribution in [3.05, 3.63) is 64.9 Å². The predicted octanol–water partition coefficient (Wildman–Crippen LogP) is 1.92. The number of pyridine rings is 1. The third-order valence-electron chi connectivity index (χ3n) is 4.52. The topological polar surface area (TPSA) is 138 Å². The molecule has 168 valence electrons. The van der Waals surface area contributed by atoms with Crippen LogP contribution in [0.4, 0.5) is 11.6 Å². The van der Waals surface area contributed by atoms with Crippen molar-refractivity contribution in [3.8, 4) is 5.75 Å². The fraction of sp³-hybridized carbons (Fsp3) is 0.238. The first-order valence-corrected chi connectivity index (χ1v) is 10.2. The highest BCUT2D eigenvalue weighted by Gasteiger charge is 2.20. The van der Waals surface area contributed by atoms with E-state index in [9.17, 15) is 9.59 Å². The zero-order valence-corrected chi connectivity index (χ0v) is 18.2. The van der Waals surface area contributed by atoms with Crippen LogP contribution in [0.5, 0.6) is 5.75 Å². The summed E-state index contributed by atoms with van der Waals surface area (Å²) in [5.74, 6) is 0.803. The Morgan fingerprint density at radius 2 is 2.12 bits per heavy atom. The largest absolute Gasteiger partial charge is 0.492 e. The highest BCUT2D eigenvalue weighted by molar-refractivity contribution is 6.30. The zero-order chi connectivity index (χ0) is 22.9. The number of carbonyl (C=O) groups excluding carboxylic acids is 2. The number of ether oxygens (including phenoxy) is 1. The second-order valence-corrected chi connectivity index (χ2v) is 7.23. The molecule has 0 saturated heterocycles. The number of benzene rings is 1. The van der Waals surface area contributed by atoms with Gasteiger partial charge in [0.25, 0.3) is 5.91 Å². The average molecular weight is 458 g/mol. The fourth-order valence-corrected chi connectivity index (χ4v) is 3.05. The van der Waals surface area contributed by atoms with E-state index in [1.54, 1.807) is 54.5 Å². The number of rotatable bonds is 10. The molecule has 11 heteroatoms. The van der Waals surface area contributed by atoms with Gasteiger partial charge in [-0.2, -0.15) is 5.10 Å². The molecule has 0 spiro atoms. The van der Waals surface area contributed by atoms with Crippen LogP contribution in [0.2, 0.25) is 5.02 Å². The van der Waals surface area contributed by atoms with Gasteiger partial charge in [-0.3, -0.25) is 14.7 Å². The van der Waals surface area contributed by atoms with Gasteiger partial charge in [0.1, 0.15) is 23.7 Å². The van der Waals surface area contributed by atoms with Crippen LogP contribution < -0.4 is 21.1 Å². The molecule has 0 aliphatic heterocycles. The van der Waals surface area contributed by atoms with Gasteiger partial charge < -0.3 is 26.0 Å². The second kappa shape index (κ2) is 11.0. The summed E-state index contributed by atoms with van der Waals surface area (Å²) in [4.78, 5) is 30.4. The number of amides is 2. The predicted molar refractivity (Wildman–Crippen MR) is 121 cm³/mol. The average Bonchev–Trinajstić information content (AvgIpc) is 3.22. The van der Waals surface area contributed by atoms with Gasteiger partial charge in [-0.25, -0.2) is 4.98 Å². The number of nitrogens with one attached hydrogen (secondary N) is 3. The zero-order valence-electron chi connectivity index (χ0n) is 17.5. The van der Waals surface area contributed by atoms with Gasteiger partial charge in [0.15, 0.2) is 5.82 Å². The van der Waals surface area contributed by atoms with Crippen molar-refractivity contribution in [1.82, 2.24) is 25.4 Å². The van der Waals surface area contributed by atoms with Crippen molar-refractivity contribution in [2.75, 3.05) is 37.8 Å². The molecule has 3 aromatic rings. The molecule has 0 bridgehead atoms. The summed E-state index contributed by atoms with van der Waals surface area (Å²) < 4.78 is 5.75. The molecule has 2 amide bonds. The maximum absolute atomic E-state index is 13.1. The number of nitrogen functional groups attached to an aromatic ring is 1. The fourth-order valence-electron chi connectivity index (χ4n) is 2.87. The maximum Gasteiger partial charge on any atom is 0.259 e. The minimum Gasteiger partial charge on any atom is -0.492 e. The van der Waals surface area contributed by atoms with Crippen LogP contribution in [-0.4, -0.2) is 58.6 Å². The molecule has 0 fully saturated rings. The molecule has 2 heterocycles. The van der Waals surface area contributed by atoms with Crippen molar-refractivity contribution in [2.45, 2.75) is 6.54 Å². The minimum absolute atomic E-state index is 0.0919. The number of halogens is 1. The lowest BCUT2D eigenvalue weighted by molar-refractivity contribution is -0.118. The van der Waals surface area contributed by atoms with E-state index in [1.807, 2.05) is 0 Å². The molecule has 0 saturated carbocycles. The Bertz CT molecular complexity index is 1070. The number of hydrogen-bond acceptors (Lipinski definition) is 7. The molecular formula is C21H24ClN7O3. The summed E-state index contributed by atoms with van der Waals surface area (Å²) in [6.07, 6.45) is 3.07.